The van der Waals surface area contributed by atoms with Crippen molar-refractivity contribution in [2.45, 2.75) is 20.0 Å². The van der Waals surface area contributed by atoms with Gasteiger partial charge in [0.1, 0.15) is 17.5 Å². The highest BCUT2D eigenvalue weighted by molar-refractivity contribution is 6.04. The lowest BCUT2D eigenvalue weighted by molar-refractivity contribution is -0.137. The predicted molar refractivity (Wildman–Crippen MR) is 130 cm³/mol. The summed E-state index contributed by atoms with van der Waals surface area (Å²) in [6, 6.07) is 20.7. The Morgan fingerprint density at radius 1 is 0.714 bits per heavy atom. The number of aryl methyl sites for hydroxylation is 2. The van der Waals surface area contributed by atoms with Crippen LogP contribution in [0.1, 0.15) is 27.3 Å². The van der Waals surface area contributed by atoms with E-state index in [2.05, 4.69) is 25.9 Å². The Hall–Kier alpha value is -4.40. The summed E-state index contributed by atoms with van der Waals surface area (Å²) in [5.41, 5.74) is 2.63. The largest absolute Gasteiger partial charge is 0.416 e. The van der Waals surface area contributed by atoms with E-state index in [0.29, 0.717) is 23.1 Å². The lowest BCUT2D eigenvalue weighted by Gasteiger charge is -2.11. The zero-order valence-corrected chi connectivity index (χ0v) is 18.9. The number of amides is 1. The highest BCUT2D eigenvalue weighted by atomic mass is 19.4. The van der Waals surface area contributed by atoms with Crippen LogP contribution in [0.5, 0.6) is 0 Å². The van der Waals surface area contributed by atoms with Crippen LogP contribution in [0.25, 0.3) is 0 Å². The first kappa shape index (κ1) is 23.7. The van der Waals surface area contributed by atoms with Gasteiger partial charge in [-0.15, -0.1) is 0 Å². The van der Waals surface area contributed by atoms with Crippen molar-refractivity contribution in [1.82, 2.24) is 9.97 Å². The average molecular weight is 477 g/mol. The van der Waals surface area contributed by atoms with Gasteiger partial charge in [-0.25, -0.2) is 9.97 Å². The summed E-state index contributed by atoms with van der Waals surface area (Å²) in [4.78, 5) is 21.2. The van der Waals surface area contributed by atoms with Crippen molar-refractivity contribution in [3.05, 3.63) is 101 Å². The van der Waals surface area contributed by atoms with Crippen LogP contribution < -0.4 is 16.0 Å². The minimum atomic E-state index is -4.45. The Kier molecular flexibility index (Phi) is 6.68. The highest BCUT2D eigenvalue weighted by Crippen LogP contribution is 2.29. The monoisotopic (exact) mass is 477 g/mol. The van der Waals surface area contributed by atoms with Crippen molar-refractivity contribution in [3.8, 4) is 0 Å². The van der Waals surface area contributed by atoms with Crippen LogP contribution >= 0.6 is 0 Å². The van der Waals surface area contributed by atoms with Gasteiger partial charge in [-0.05, 0) is 74.5 Å². The van der Waals surface area contributed by atoms with Crippen molar-refractivity contribution < 1.29 is 18.0 Å². The van der Waals surface area contributed by atoms with Crippen LogP contribution in [0.3, 0.4) is 0 Å². The number of nitrogens with zero attached hydrogens (tertiary/aromatic N) is 2. The minimum Gasteiger partial charge on any atom is -0.340 e. The van der Waals surface area contributed by atoms with Crippen LogP contribution in [0.15, 0.2) is 78.9 Å². The van der Waals surface area contributed by atoms with Gasteiger partial charge in [0.25, 0.3) is 5.91 Å². The number of aromatic nitrogens is 2. The molecule has 6 nitrogen and oxygen atoms in total. The highest BCUT2D eigenvalue weighted by Gasteiger charge is 2.30. The number of alkyl halides is 3. The van der Waals surface area contributed by atoms with Gasteiger partial charge >= 0.3 is 6.18 Å². The molecular weight excluding hydrogens is 455 g/mol. The predicted octanol–water partition coefficient (Wildman–Crippen LogP) is 6.85. The molecule has 9 heteroatoms. The molecule has 4 aromatic rings. The van der Waals surface area contributed by atoms with E-state index < -0.39 is 17.6 Å². The molecule has 1 amide bonds. The molecular formula is C26H22F3N5O. The maximum absolute atomic E-state index is 12.7. The van der Waals surface area contributed by atoms with Crippen molar-refractivity contribution in [2.24, 2.45) is 0 Å². The molecule has 178 valence electrons. The van der Waals surface area contributed by atoms with Crippen molar-refractivity contribution in [3.63, 3.8) is 0 Å². The van der Waals surface area contributed by atoms with Crippen molar-refractivity contribution >= 4 is 34.6 Å². The number of carbonyl (C=O) groups is 1. The number of rotatable bonds is 6. The molecule has 0 fully saturated rings. The number of hydrogen-bond donors (Lipinski definition) is 3. The van der Waals surface area contributed by atoms with E-state index >= 15 is 0 Å². The minimum absolute atomic E-state index is 0.130. The molecule has 0 aliphatic carbocycles. The first-order valence-electron chi connectivity index (χ1n) is 10.7. The van der Waals surface area contributed by atoms with Crippen molar-refractivity contribution in [1.29, 1.82) is 0 Å². The van der Waals surface area contributed by atoms with Crippen LogP contribution in [-0.4, -0.2) is 15.9 Å². The third-order valence-electron chi connectivity index (χ3n) is 5.05. The number of nitrogens with one attached hydrogen (secondary N) is 3. The van der Waals surface area contributed by atoms with Gasteiger partial charge < -0.3 is 16.0 Å². The van der Waals surface area contributed by atoms with Gasteiger partial charge in [0.05, 0.1) is 5.56 Å². The molecule has 0 aliphatic heterocycles. The first-order chi connectivity index (χ1) is 16.7. The summed E-state index contributed by atoms with van der Waals surface area (Å²) in [7, 11) is 0. The Bertz CT molecular complexity index is 1320. The Morgan fingerprint density at radius 2 is 1.20 bits per heavy atom. The SMILES string of the molecule is Cc1ccc(Nc2cc(Nc3ccc(NC(=O)c4ccc(C(F)(F)F)cc4)cc3)nc(C)n2)cc1. The van der Waals surface area contributed by atoms with Gasteiger partial charge in [0.2, 0.25) is 0 Å². The summed E-state index contributed by atoms with van der Waals surface area (Å²) >= 11 is 0. The number of anilines is 5. The third-order valence-corrected chi connectivity index (χ3v) is 5.05. The Morgan fingerprint density at radius 3 is 1.71 bits per heavy atom. The molecule has 1 heterocycles. The van der Waals surface area contributed by atoms with E-state index in [9.17, 15) is 18.0 Å². The molecule has 4 rings (SSSR count). The quantitative estimate of drug-likeness (QED) is 0.283. The first-order valence-corrected chi connectivity index (χ1v) is 10.7. The normalized spacial score (nSPS) is 11.1. The number of carbonyl (C=O) groups excluding carboxylic acids is 1. The molecule has 3 N–H and O–H groups in total. The van der Waals surface area contributed by atoms with Crippen molar-refractivity contribution in [2.75, 3.05) is 16.0 Å². The van der Waals surface area contributed by atoms with Gasteiger partial charge in [-0.1, -0.05) is 17.7 Å². The fourth-order valence-corrected chi connectivity index (χ4v) is 3.28. The maximum atomic E-state index is 12.7. The molecule has 0 saturated heterocycles. The van der Waals surface area contributed by atoms with E-state index in [0.717, 1.165) is 41.2 Å². The molecule has 0 atom stereocenters. The lowest BCUT2D eigenvalue weighted by Crippen LogP contribution is -2.12. The molecule has 35 heavy (non-hydrogen) atoms. The summed E-state index contributed by atoms with van der Waals surface area (Å²) in [6.07, 6.45) is -4.45. The zero-order chi connectivity index (χ0) is 25.0. The molecule has 0 spiro atoms. The average Bonchev–Trinajstić information content (AvgIpc) is 2.81. The zero-order valence-electron chi connectivity index (χ0n) is 18.9. The molecule has 0 aliphatic rings. The van der Waals surface area contributed by atoms with Gasteiger partial charge in [-0.2, -0.15) is 13.2 Å². The molecule has 0 bridgehead atoms. The number of halogens is 3. The van der Waals surface area contributed by atoms with Crippen LogP contribution in [0.2, 0.25) is 0 Å². The Balaban J connectivity index is 1.40. The number of benzene rings is 3. The van der Waals surface area contributed by atoms with Gasteiger partial charge in [0.15, 0.2) is 0 Å². The molecule has 3 aromatic carbocycles. The summed E-state index contributed by atoms with van der Waals surface area (Å²) in [5, 5.41) is 9.13. The van der Waals surface area contributed by atoms with E-state index in [1.165, 1.54) is 0 Å². The fourth-order valence-electron chi connectivity index (χ4n) is 3.28. The molecule has 0 radical (unpaired) electrons. The molecule has 0 unspecified atom stereocenters. The van der Waals surface area contributed by atoms with E-state index in [4.69, 9.17) is 0 Å². The molecule has 0 saturated carbocycles. The summed E-state index contributed by atoms with van der Waals surface area (Å²) in [6.45, 7) is 3.82. The van der Waals surface area contributed by atoms with Crippen LogP contribution in [-0.2, 0) is 6.18 Å². The van der Waals surface area contributed by atoms with E-state index in [-0.39, 0.29) is 5.56 Å². The Labute approximate surface area is 200 Å². The van der Waals surface area contributed by atoms with E-state index in [1.54, 1.807) is 37.3 Å². The third kappa shape index (κ3) is 6.35. The topological polar surface area (TPSA) is 78.9 Å². The second kappa shape index (κ2) is 9.84. The van der Waals surface area contributed by atoms with Crippen LogP contribution in [0, 0.1) is 13.8 Å². The summed E-state index contributed by atoms with van der Waals surface area (Å²) in [5.74, 6) is 1.32. The smallest absolute Gasteiger partial charge is 0.340 e. The molecule has 1 aromatic heterocycles. The lowest BCUT2D eigenvalue weighted by atomic mass is 10.1. The maximum Gasteiger partial charge on any atom is 0.416 e. The fraction of sp³-hybridized carbons (Fsp3) is 0.115. The van der Waals surface area contributed by atoms with Gasteiger partial charge in [-0.3, -0.25) is 4.79 Å². The van der Waals surface area contributed by atoms with Crippen LogP contribution in [0.4, 0.5) is 41.9 Å². The standard InChI is InChI=1S/C26H22F3N5O/c1-16-3-9-20(10-4-16)32-23-15-24(31-17(2)30-23)33-21-11-13-22(14-12-21)34-25(35)18-5-7-19(8-6-18)26(27,28)29/h3-15H,1-2H3,(H,34,35)(H2,30,31,32,33). The number of hydrogen-bond acceptors (Lipinski definition) is 5. The van der Waals surface area contributed by atoms with Gasteiger partial charge in [0, 0.05) is 28.7 Å². The van der Waals surface area contributed by atoms with E-state index in [1.807, 2.05) is 31.2 Å². The second-order valence-corrected chi connectivity index (χ2v) is 7.91. The summed E-state index contributed by atoms with van der Waals surface area (Å²) < 4.78 is 38.1. The second-order valence-electron chi connectivity index (χ2n) is 7.91.